The van der Waals surface area contributed by atoms with E-state index in [1.54, 1.807) is 6.07 Å². The van der Waals surface area contributed by atoms with Crippen molar-refractivity contribution in [3.8, 4) is 0 Å². The molecule has 1 aromatic heterocycles. The molecule has 0 spiro atoms. The predicted octanol–water partition coefficient (Wildman–Crippen LogP) is 3.76. The molecule has 0 aliphatic carbocycles. The Bertz CT molecular complexity index is 385. The van der Waals surface area contributed by atoms with Crippen LogP contribution in [0.2, 0.25) is 0 Å². The Hall–Kier alpha value is -1.29. The molecule has 4 heteroatoms. The Kier molecular flexibility index (Phi) is 8.04. The first-order valence-electron chi connectivity index (χ1n) is 7.51. The molecule has 0 amide bonds. The minimum Gasteiger partial charge on any atom is -0.463 e. The average Bonchev–Trinajstić information content (AvgIpc) is 2.89. The van der Waals surface area contributed by atoms with Crippen molar-refractivity contribution >= 4 is 5.97 Å². The second-order valence-electron chi connectivity index (χ2n) is 5.53. The number of ether oxygens (including phenoxy) is 1. The fraction of sp³-hybridized carbons (Fsp3) is 0.688. The van der Waals surface area contributed by atoms with Crippen LogP contribution in [0.5, 0.6) is 0 Å². The van der Waals surface area contributed by atoms with Gasteiger partial charge in [-0.05, 0) is 31.0 Å². The summed E-state index contributed by atoms with van der Waals surface area (Å²) in [4.78, 5) is 11.2. The Morgan fingerprint density at radius 1 is 1.25 bits per heavy atom. The standard InChI is InChI=1S/C16H27NO3/c1-13(2)8-6-4-5-7-11-17-12-14-9-10-15(20-14)16(18)19-3/h9-10,13,17H,4-8,11-12H2,1-3H3. The van der Waals surface area contributed by atoms with Crippen LogP contribution < -0.4 is 5.32 Å². The number of esters is 1. The first-order chi connectivity index (χ1) is 9.63. The molecular formula is C16H27NO3. The average molecular weight is 281 g/mol. The van der Waals surface area contributed by atoms with Gasteiger partial charge >= 0.3 is 5.97 Å². The predicted molar refractivity (Wildman–Crippen MR) is 79.7 cm³/mol. The van der Waals surface area contributed by atoms with Crippen LogP contribution in [0.1, 0.15) is 62.3 Å². The summed E-state index contributed by atoms with van der Waals surface area (Å²) >= 11 is 0. The van der Waals surface area contributed by atoms with Gasteiger partial charge in [-0.25, -0.2) is 4.79 Å². The van der Waals surface area contributed by atoms with Gasteiger partial charge in [-0.1, -0.05) is 39.5 Å². The first kappa shape index (κ1) is 16.8. The normalized spacial score (nSPS) is 11.0. The number of methoxy groups -OCH3 is 1. The molecule has 0 saturated heterocycles. The second kappa shape index (κ2) is 9.59. The highest BCUT2D eigenvalue weighted by molar-refractivity contribution is 5.86. The largest absolute Gasteiger partial charge is 0.463 e. The highest BCUT2D eigenvalue weighted by atomic mass is 16.5. The van der Waals surface area contributed by atoms with E-state index in [0.29, 0.717) is 6.54 Å². The number of rotatable bonds is 10. The summed E-state index contributed by atoms with van der Waals surface area (Å²) < 4.78 is 9.96. The summed E-state index contributed by atoms with van der Waals surface area (Å²) in [6, 6.07) is 3.46. The molecule has 20 heavy (non-hydrogen) atoms. The maximum atomic E-state index is 11.2. The van der Waals surface area contributed by atoms with Gasteiger partial charge in [0.15, 0.2) is 0 Å². The molecule has 0 aliphatic heterocycles. The lowest BCUT2D eigenvalue weighted by Gasteiger charge is -2.05. The van der Waals surface area contributed by atoms with Gasteiger partial charge in [0.1, 0.15) is 5.76 Å². The summed E-state index contributed by atoms with van der Waals surface area (Å²) in [6.45, 7) is 6.18. The van der Waals surface area contributed by atoms with Gasteiger partial charge in [-0.15, -0.1) is 0 Å². The van der Waals surface area contributed by atoms with Crippen LogP contribution in [0.3, 0.4) is 0 Å². The number of carbonyl (C=O) groups is 1. The molecule has 114 valence electrons. The molecule has 1 rings (SSSR count). The van der Waals surface area contributed by atoms with Crippen molar-refractivity contribution < 1.29 is 13.9 Å². The highest BCUT2D eigenvalue weighted by Crippen LogP contribution is 2.10. The van der Waals surface area contributed by atoms with Crippen LogP contribution >= 0.6 is 0 Å². The third-order valence-electron chi connectivity index (χ3n) is 3.23. The summed E-state index contributed by atoms with van der Waals surface area (Å²) in [5, 5.41) is 3.33. The second-order valence-corrected chi connectivity index (χ2v) is 5.53. The number of unbranched alkanes of at least 4 members (excludes halogenated alkanes) is 3. The van der Waals surface area contributed by atoms with Crippen LogP contribution in [0.15, 0.2) is 16.5 Å². The number of carbonyl (C=O) groups excluding carboxylic acids is 1. The van der Waals surface area contributed by atoms with Gasteiger partial charge in [0.25, 0.3) is 0 Å². The highest BCUT2D eigenvalue weighted by Gasteiger charge is 2.10. The minimum absolute atomic E-state index is 0.262. The molecule has 0 unspecified atom stereocenters. The maximum Gasteiger partial charge on any atom is 0.373 e. The van der Waals surface area contributed by atoms with Gasteiger partial charge in [0, 0.05) is 0 Å². The fourth-order valence-corrected chi connectivity index (χ4v) is 2.05. The molecular weight excluding hydrogens is 254 g/mol. The Morgan fingerprint density at radius 3 is 2.70 bits per heavy atom. The summed E-state index contributed by atoms with van der Waals surface area (Å²) in [6.07, 6.45) is 6.43. The third-order valence-corrected chi connectivity index (χ3v) is 3.23. The van der Waals surface area contributed by atoms with Crippen LogP contribution in [-0.2, 0) is 11.3 Å². The molecule has 1 heterocycles. The molecule has 0 fully saturated rings. The third kappa shape index (κ3) is 6.75. The Balaban J connectivity index is 2.04. The number of nitrogens with one attached hydrogen (secondary N) is 1. The SMILES string of the molecule is COC(=O)c1ccc(CNCCCCCCC(C)C)o1. The Morgan fingerprint density at radius 2 is 2.00 bits per heavy atom. The summed E-state index contributed by atoms with van der Waals surface area (Å²) in [5.74, 6) is 1.42. The van der Waals surface area contributed by atoms with Crippen molar-refractivity contribution in [3.63, 3.8) is 0 Å². The molecule has 1 aromatic rings. The van der Waals surface area contributed by atoms with E-state index < -0.39 is 5.97 Å². The number of furan rings is 1. The lowest BCUT2D eigenvalue weighted by Crippen LogP contribution is -2.14. The van der Waals surface area contributed by atoms with Crippen LogP contribution in [0, 0.1) is 5.92 Å². The van der Waals surface area contributed by atoms with Gasteiger partial charge in [-0.2, -0.15) is 0 Å². The van der Waals surface area contributed by atoms with E-state index >= 15 is 0 Å². The summed E-state index contributed by atoms with van der Waals surface area (Å²) in [5.41, 5.74) is 0. The fourth-order valence-electron chi connectivity index (χ4n) is 2.05. The van der Waals surface area contributed by atoms with Gasteiger partial charge in [-0.3, -0.25) is 0 Å². The topological polar surface area (TPSA) is 51.5 Å². The first-order valence-corrected chi connectivity index (χ1v) is 7.51. The molecule has 0 aliphatic rings. The quantitative estimate of drug-likeness (QED) is 0.524. The van der Waals surface area contributed by atoms with Gasteiger partial charge in [0.05, 0.1) is 13.7 Å². The Labute approximate surface area is 121 Å². The lowest BCUT2D eigenvalue weighted by atomic mass is 10.0. The molecule has 0 bridgehead atoms. The van der Waals surface area contributed by atoms with E-state index in [-0.39, 0.29) is 5.76 Å². The smallest absolute Gasteiger partial charge is 0.373 e. The molecule has 0 aromatic carbocycles. The molecule has 0 saturated carbocycles. The monoisotopic (exact) mass is 281 g/mol. The zero-order chi connectivity index (χ0) is 14.8. The van der Waals surface area contributed by atoms with Crippen molar-refractivity contribution in [2.24, 2.45) is 5.92 Å². The van der Waals surface area contributed by atoms with E-state index in [1.807, 2.05) is 6.07 Å². The van der Waals surface area contributed by atoms with E-state index in [1.165, 1.54) is 39.2 Å². The van der Waals surface area contributed by atoms with Crippen molar-refractivity contribution in [3.05, 3.63) is 23.7 Å². The molecule has 0 atom stereocenters. The zero-order valence-electron chi connectivity index (χ0n) is 12.9. The van der Waals surface area contributed by atoms with Crippen molar-refractivity contribution in [2.45, 2.75) is 52.5 Å². The van der Waals surface area contributed by atoms with Crippen molar-refractivity contribution in [1.29, 1.82) is 0 Å². The number of hydrogen-bond acceptors (Lipinski definition) is 4. The van der Waals surface area contributed by atoms with Gasteiger partial charge in [0.2, 0.25) is 5.76 Å². The summed E-state index contributed by atoms with van der Waals surface area (Å²) in [7, 11) is 1.35. The van der Waals surface area contributed by atoms with Crippen LogP contribution in [-0.4, -0.2) is 19.6 Å². The minimum atomic E-state index is -0.429. The van der Waals surface area contributed by atoms with E-state index in [2.05, 4.69) is 23.9 Å². The van der Waals surface area contributed by atoms with Crippen molar-refractivity contribution in [2.75, 3.05) is 13.7 Å². The maximum absolute atomic E-state index is 11.2. The van der Waals surface area contributed by atoms with E-state index in [0.717, 1.165) is 18.2 Å². The molecule has 1 N–H and O–H groups in total. The molecule has 0 radical (unpaired) electrons. The zero-order valence-corrected chi connectivity index (χ0v) is 12.9. The van der Waals surface area contributed by atoms with Crippen LogP contribution in [0.4, 0.5) is 0 Å². The lowest BCUT2D eigenvalue weighted by molar-refractivity contribution is 0.0563. The van der Waals surface area contributed by atoms with Gasteiger partial charge < -0.3 is 14.5 Å². The van der Waals surface area contributed by atoms with Crippen LogP contribution in [0.25, 0.3) is 0 Å². The molecule has 4 nitrogen and oxygen atoms in total. The van der Waals surface area contributed by atoms with Crippen molar-refractivity contribution in [1.82, 2.24) is 5.32 Å². The number of hydrogen-bond donors (Lipinski definition) is 1. The van der Waals surface area contributed by atoms with E-state index in [4.69, 9.17) is 4.42 Å². The van der Waals surface area contributed by atoms with E-state index in [9.17, 15) is 4.79 Å².